The van der Waals surface area contributed by atoms with E-state index in [-0.39, 0.29) is 0 Å². The average molecular weight is 214 g/mol. The molecule has 0 fully saturated rings. The molecule has 0 radical (unpaired) electrons. The van der Waals surface area contributed by atoms with Crippen LogP contribution in [0.1, 0.15) is 11.4 Å². The largest absolute Gasteiger partial charge is 0.411 e. The number of nitrogens with zero attached hydrogens (tertiary/aromatic N) is 4. The monoisotopic (exact) mass is 214 g/mol. The molecule has 2 rings (SSSR count). The van der Waals surface area contributed by atoms with Crippen LogP contribution in [-0.4, -0.2) is 25.9 Å². The third kappa shape index (κ3) is 2.38. The van der Waals surface area contributed by atoms with Crippen molar-refractivity contribution >= 4 is 5.71 Å². The van der Waals surface area contributed by atoms with Crippen molar-refractivity contribution in [2.24, 2.45) is 5.16 Å². The maximum atomic E-state index is 8.94. The van der Waals surface area contributed by atoms with Gasteiger partial charge in [-0.15, -0.1) is 0 Å². The molecule has 2 heterocycles. The molecule has 0 saturated carbocycles. The number of rotatable bonds is 3. The summed E-state index contributed by atoms with van der Waals surface area (Å²) in [5, 5.41) is 12.2. The Balaban J connectivity index is 2.20. The van der Waals surface area contributed by atoms with Gasteiger partial charge in [-0.2, -0.15) is 0 Å². The minimum absolute atomic E-state index is 0.404. The van der Waals surface area contributed by atoms with Crippen LogP contribution in [0, 0.1) is 0 Å². The van der Waals surface area contributed by atoms with Gasteiger partial charge in [0, 0.05) is 31.2 Å². The molecule has 0 unspecified atom stereocenters. The van der Waals surface area contributed by atoms with Crippen LogP contribution in [0.3, 0.4) is 0 Å². The Morgan fingerprint density at radius 2 is 2.12 bits per heavy atom. The highest BCUT2D eigenvalue weighted by Gasteiger charge is 2.07. The summed E-state index contributed by atoms with van der Waals surface area (Å²) >= 11 is 0. The normalized spacial score (nSPS) is 11.4. The fourth-order valence-electron chi connectivity index (χ4n) is 1.30. The lowest BCUT2D eigenvalue weighted by Gasteiger charge is -2.02. The van der Waals surface area contributed by atoms with Gasteiger partial charge in [-0.3, -0.25) is 15.0 Å². The van der Waals surface area contributed by atoms with Gasteiger partial charge < -0.3 is 5.21 Å². The highest BCUT2D eigenvalue weighted by Crippen LogP contribution is 2.02. The lowest BCUT2D eigenvalue weighted by molar-refractivity contribution is 0.318. The lowest BCUT2D eigenvalue weighted by atomic mass is 10.1. The summed E-state index contributed by atoms with van der Waals surface area (Å²) in [7, 11) is 0. The van der Waals surface area contributed by atoms with Crippen molar-refractivity contribution in [3.8, 4) is 0 Å². The van der Waals surface area contributed by atoms with E-state index in [1.807, 2.05) is 6.07 Å². The molecule has 5 heteroatoms. The third-order valence-electron chi connectivity index (χ3n) is 2.05. The van der Waals surface area contributed by atoms with Crippen LogP contribution >= 0.6 is 0 Å². The first kappa shape index (κ1) is 10.2. The summed E-state index contributed by atoms with van der Waals surface area (Å²) in [6, 6.07) is 5.43. The molecule has 0 saturated heterocycles. The Hall–Kier alpha value is -2.30. The predicted molar refractivity (Wildman–Crippen MR) is 58.3 cm³/mol. The van der Waals surface area contributed by atoms with Crippen LogP contribution in [0.25, 0.3) is 0 Å². The van der Waals surface area contributed by atoms with E-state index in [9.17, 15) is 0 Å². The summed E-state index contributed by atoms with van der Waals surface area (Å²) < 4.78 is 0. The number of pyridine rings is 1. The zero-order valence-corrected chi connectivity index (χ0v) is 8.48. The van der Waals surface area contributed by atoms with Crippen LogP contribution in [-0.2, 0) is 6.42 Å². The molecule has 0 aliphatic heterocycles. The first-order chi connectivity index (χ1) is 7.90. The van der Waals surface area contributed by atoms with Gasteiger partial charge in [-0.1, -0.05) is 11.2 Å². The minimum atomic E-state index is 0.404. The molecule has 5 nitrogen and oxygen atoms in total. The van der Waals surface area contributed by atoms with E-state index in [1.165, 1.54) is 0 Å². The second kappa shape index (κ2) is 4.97. The quantitative estimate of drug-likeness (QED) is 0.475. The van der Waals surface area contributed by atoms with E-state index in [0.29, 0.717) is 17.8 Å². The standard InChI is InChI=1S/C11H10N4O/c16-15-11(10-3-1-2-4-14-10)7-9-8-12-5-6-13-9/h1-6,8,16H,7H2/b15-11+. The fraction of sp³-hybridized carbons (Fsp3) is 0.0909. The molecular formula is C11H10N4O. The van der Waals surface area contributed by atoms with E-state index in [2.05, 4.69) is 20.1 Å². The minimum Gasteiger partial charge on any atom is -0.411 e. The van der Waals surface area contributed by atoms with Gasteiger partial charge in [0.25, 0.3) is 0 Å². The smallest absolute Gasteiger partial charge is 0.111 e. The predicted octanol–water partition coefficient (Wildman–Crippen LogP) is 1.29. The zero-order chi connectivity index (χ0) is 11.2. The van der Waals surface area contributed by atoms with Crippen molar-refractivity contribution in [1.82, 2.24) is 15.0 Å². The molecule has 0 spiro atoms. The van der Waals surface area contributed by atoms with Gasteiger partial charge in [0.15, 0.2) is 0 Å². The molecule has 0 amide bonds. The molecule has 1 N–H and O–H groups in total. The average Bonchev–Trinajstić information content (AvgIpc) is 2.38. The number of aromatic nitrogens is 3. The SMILES string of the molecule is O/N=C(\Cc1cnccn1)c1ccccn1. The van der Waals surface area contributed by atoms with Crippen LogP contribution in [0.2, 0.25) is 0 Å². The van der Waals surface area contributed by atoms with Gasteiger partial charge in [-0.05, 0) is 12.1 Å². The molecule has 80 valence electrons. The van der Waals surface area contributed by atoms with Crippen molar-refractivity contribution in [1.29, 1.82) is 0 Å². The van der Waals surface area contributed by atoms with Crippen molar-refractivity contribution in [2.45, 2.75) is 6.42 Å². The summed E-state index contributed by atoms with van der Waals surface area (Å²) in [6.45, 7) is 0. The van der Waals surface area contributed by atoms with Crippen LogP contribution < -0.4 is 0 Å². The topological polar surface area (TPSA) is 71.3 Å². The van der Waals surface area contributed by atoms with Gasteiger partial charge in [-0.25, -0.2) is 0 Å². The van der Waals surface area contributed by atoms with Crippen molar-refractivity contribution in [2.75, 3.05) is 0 Å². The van der Waals surface area contributed by atoms with E-state index in [1.54, 1.807) is 36.9 Å². The van der Waals surface area contributed by atoms with Gasteiger partial charge in [0.05, 0.1) is 11.4 Å². The molecule has 0 aromatic carbocycles. The summed E-state index contributed by atoms with van der Waals surface area (Å²) in [5.41, 5.74) is 1.85. The number of hydrogen-bond acceptors (Lipinski definition) is 5. The van der Waals surface area contributed by atoms with E-state index in [0.717, 1.165) is 5.69 Å². The summed E-state index contributed by atoms with van der Waals surface area (Å²) in [6.07, 6.45) is 6.88. The molecule has 16 heavy (non-hydrogen) atoms. The second-order valence-electron chi connectivity index (χ2n) is 3.14. The maximum Gasteiger partial charge on any atom is 0.111 e. The third-order valence-corrected chi connectivity index (χ3v) is 2.05. The lowest BCUT2D eigenvalue weighted by Crippen LogP contribution is -2.08. The Morgan fingerprint density at radius 1 is 1.19 bits per heavy atom. The first-order valence-electron chi connectivity index (χ1n) is 4.77. The van der Waals surface area contributed by atoms with E-state index >= 15 is 0 Å². The number of oxime groups is 1. The van der Waals surface area contributed by atoms with Crippen LogP contribution in [0.5, 0.6) is 0 Å². The zero-order valence-electron chi connectivity index (χ0n) is 8.48. The molecule has 0 aliphatic carbocycles. The fourth-order valence-corrected chi connectivity index (χ4v) is 1.30. The Kier molecular flexibility index (Phi) is 3.18. The highest BCUT2D eigenvalue weighted by atomic mass is 16.4. The van der Waals surface area contributed by atoms with Crippen LogP contribution in [0.4, 0.5) is 0 Å². The van der Waals surface area contributed by atoms with Crippen molar-refractivity contribution in [3.05, 3.63) is 54.4 Å². The highest BCUT2D eigenvalue weighted by molar-refractivity contribution is 5.99. The second-order valence-corrected chi connectivity index (χ2v) is 3.14. The molecule has 0 atom stereocenters. The Morgan fingerprint density at radius 3 is 2.75 bits per heavy atom. The summed E-state index contributed by atoms with van der Waals surface area (Å²) in [5.74, 6) is 0. The molecule has 0 bridgehead atoms. The van der Waals surface area contributed by atoms with E-state index in [4.69, 9.17) is 5.21 Å². The van der Waals surface area contributed by atoms with Gasteiger partial charge in [0.2, 0.25) is 0 Å². The molecule has 2 aromatic heterocycles. The molecule has 2 aromatic rings. The van der Waals surface area contributed by atoms with Crippen molar-refractivity contribution in [3.63, 3.8) is 0 Å². The first-order valence-corrected chi connectivity index (χ1v) is 4.77. The summed E-state index contributed by atoms with van der Waals surface area (Å²) in [4.78, 5) is 12.2. The van der Waals surface area contributed by atoms with Gasteiger partial charge >= 0.3 is 0 Å². The maximum absolute atomic E-state index is 8.94. The van der Waals surface area contributed by atoms with Crippen LogP contribution in [0.15, 0.2) is 48.1 Å². The number of hydrogen-bond donors (Lipinski definition) is 1. The Labute approximate surface area is 92.5 Å². The molecule has 0 aliphatic rings. The van der Waals surface area contributed by atoms with E-state index < -0.39 is 0 Å². The van der Waals surface area contributed by atoms with Crippen molar-refractivity contribution < 1.29 is 5.21 Å². The molecular weight excluding hydrogens is 204 g/mol. The Bertz CT molecular complexity index is 470. The van der Waals surface area contributed by atoms with Gasteiger partial charge in [0.1, 0.15) is 5.71 Å².